The maximum atomic E-state index is 11.2. The highest BCUT2D eigenvalue weighted by molar-refractivity contribution is 5.66. The van der Waals surface area contributed by atoms with E-state index in [0.29, 0.717) is 11.2 Å². The third-order valence-corrected chi connectivity index (χ3v) is 5.40. The lowest BCUT2D eigenvalue weighted by Gasteiger charge is -2.55. The average Bonchev–Trinajstić information content (AvgIpc) is 2.52. The Morgan fingerprint density at radius 1 is 1.30 bits per heavy atom. The summed E-state index contributed by atoms with van der Waals surface area (Å²) in [6, 6.07) is 3.52. The molecule has 0 atom stereocenters. The molecule has 23 heavy (non-hydrogen) atoms. The van der Waals surface area contributed by atoms with Gasteiger partial charge in [-0.3, -0.25) is 10.1 Å². The van der Waals surface area contributed by atoms with Crippen LogP contribution in [0.2, 0.25) is 0 Å². The van der Waals surface area contributed by atoms with E-state index < -0.39 is 0 Å². The topological polar surface area (TPSA) is 58.9 Å². The lowest BCUT2D eigenvalue weighted by atomic mass is 9.71. The minimum absolute atomic E-state index is 0.0580. The number of hydrogen-bond donors (Lipinski definition) is 0. The Morgan fingerprint density at radius 3 is 2.48 bits per heavy atom. The molecular formula is C17H25N3O3. The Kier molecular flexibility index (Phi) is 4.19. The van der Waals surface area contributed by atoms with Crippen molar-refractivity contribution in [2.75, 3.05) is 45.2 Å². The molecule has 2 heterocycles. The van der Waals surface area contributed by atoms with Crippen LogP contribution in [0.15, 0.2) is 12.1 Å². The van der Waals surface area contributed by atoms with Gasteiger partial charge in [-0.15, -0.1) is 0 Å². The van der Waals surface area contributed by atoms with E-state index in [-0.39, 0.29) is 10.6 Å². The molecular weight excluding hydrogens is 294 g/mol. The predicted octanol–water partition coefficient (Wildman–Crippen LogP) is 2.70. The molecule has 2 aliphatic heterocycles. The summed E-state index contributed by atoms with van der Waals surface area (Å²) in [7, 11) is 3.67. The largest absolute Gasteiger partial charge is 0.490 e. The Morgan fingerprint density at radius 2 is 1.96 bits per heavy atom. The van der Waals surface area contributed by atoms with Gasteiger partial charge < -0.3 is 14.5 Å². The fraction of sp³-hybridized carbons (Fsp3) is 0.647. The van der Waals surface area contributed by atoms with Crippen LogP contribution >= 0.6 is 0 Å². The van der Waals surface area contributed by atoms with Gasteiger partial charge >= 0.3 is 5.69 Å². The molecule has 0 radical (unpaired) electrons. The van der Waals surface area contributed by atoms with Crippen molar-refractivity contribution in [1.29, 1.82) is 0 Å². The number of piperidine rings is 1. The first-order valence-corrected chi connectivity index (χ1v) is 8.27. The molecule has 2 aliphatic rings. The van der Waals surface area contributed by atoms with Crippen molar-refractivity contribution >= 4 is 11.4 Å². The minimum atomic E-state index is -0.365. The summed E-state index contributed by atoms with van der Waals surface area (Å²) in [5, 5.41) is 11.2. The second-order valence-corrected chi connectivity index (χ2v) is 6.92. The normalized spacial score (nSPS) is 20.4. The summed E-state index contributed by atoms with van der Waals surface area (Å²) in [6.07, 6.45) is 3.27. The van der Waals surface area contributed by atoms with E-state index in [1.54, 1.807) is 6.07 Å². The highest BCUT2D eigenvalue weighted by atomic mass is 16.6. The summed E-state index contributed by atoms with van der Waals surface area (Å²) >= 11 is 0. The van der Waals surface area contributed by atoms with Gasteiger partial charge in [0.15, 0.2) is 5.75 Å². The number of likely N-dealkylation sites (tertiary alicyclic amines) is 1. The maximum Gasteiger partial charge on any atom is 0.311 e. The number of ether oxygens (including phenoxy) is 1. The van der Waals surface area contributed by atoms with Crippen molar-refractivity contribution in [3.8, 4) is 5.75 Å². The molecule has 1 spiro atoms. The van der Waals surface area contributed by atoms with Crippen LogP contribution < -0.4 is 9.64 Å². The van der Waals surface area contributed by atoms with E-state index in [4.69, 9.17) is 4.74 Å². The molecule has 1 aromatic carbocycles. The molecule has 3 rings (SSSR count). The third-order valence-electron chi connectivity index (χ3n) is 5.40. The molecule has 1 aromatic rings. The van der Waals surface area contributed by atoms with Crippen LogP contribution in [-0.4, -0.2) is 50.2 Å². The molecule has 0 aromatic heterocycles. The minimum Gasteiger partial charge on any atom is -0.490 e. The first-order chi connectivity index (χ1) is 11.0. The van der Waals surface area contributed by atoms with Crippen LogP contribution in [0.1, 0.15) is 25.3 Å². The number of aryl methyl sites for hydroxylation is 1. The van der Waals surface area contributed by atoms with E-state index in [1.807, 2.05) is 13.0 Å². The molecule has 6 nitrogen and oxygen atoms in total. The number of anilines is 1. The van der Waals surface area contributed by atoms with E-state index in [2.05, 4.69) is 16.8 Å². The van der Waals surface area contributed by atoms with Crippen molar-refractivity contribution in [3.63, 3.8) is 0 Å². The maximum absolute atomic E-state index is 11.2. The van der Waals surface area contributed by atoms with Gasteiger partial charge in [-0.25, -0.2) is 0 Å². The third kappa shape index (κ3) is 2.87. The zero-order chi connectivity index (χ0) is 16.6. The highest BCUT2D eigenvalue weighted by Gasteiger charge is 2.45. The smallest absolute Gasteiger partial charge is 0.311 e. The van der Waals surface area contributed by atoms with E-state index in [9.17, 15) is 10.1 Å². The molecule has 126 valence electrons. The summed E-state index contributed by atoms with van der Waals surface area (Å²) in [5.41, 5.74) is 2.62. The molecule has 0 aliphatic carbocycles. The summed E-state index contributed by atoms with van der Waals surface area (Å²) in [6.45, 7) is 6.47. The number of benzene rings is 1. The van der Waals surface area contributed by atoms with Gasteiger partial charge in [-0.2, -0.15) is 0 Å². The molecule has 0 amide bonds. The lowest BCUT2D eigenvalue weighted by Crippen LogP contribution is -2.60. The molecule has 0 saturated carbocycles. The van der Waals surface area contributed by atoms with Crippen LogP contribution in [-0.2, 0) is 6.42 Å². The second kappa shape index (κ2) is 6.00. The summed E-state index contributed by atoms with van der Waals surface area (Å²) in [5.74, 6) is 0.353. The molecule has 0 bridgehead atoms. The van der Waals surface area contributed by atoms with Crippen LogP contribution in [0, 0.1) is 15.5 Å². The van der Waals surface area contributed by atoms with Crippen LogP contribution in [0.4, 0.5) is 11.4 Å². The zero-order valence-corrected chi connectivity index (χ0v) is 14.2. The Bertz CT molecular complexity index is 601. The number of methoxy groups -OCH3 is 1. The Balaban J connectivity index is 1.82. The number of nitrogens with zero attached hydrogens (tertiary/aromatic N) is 3. The fourth-order valence-electron chi connectivity index (χ4n) is 3.83. The SMILES string of the molecule is CCc1cc([N+](=O)[O-])c(OC)cc1N1CC2(CCN(C)CC2)C1. The van der Waals surface area contributed by atoms with E-state index in [0.717, 1.165) is 43.9 Å². The van der Waals surface area contributed by atoms with E-state index in [1.165, 1.54) is 20.0 Å². The van der Waals surface area contributed by atoms with Gasteiger partial charge in [-0.1, -0.05) is 6.92 Å². The van der Waals surface area contributed by atoms with Gasteiger partial charge in [0, 0.05) is 36.3 Å². The molecule has 0 unspecified atom stereocenters. The van der Waals surface area contributed by atoms with Gasteiger partial charge in [0.05, 0.1) is 12.0 Å². The molecule has 2 fully saturated rings. The molecule has 0 N–H and O–H groups in total. The van der Waals surface area contributed by atoms with Crippen molar-refractivity contribution < 1.29 is 9.66 Å². The summed E-state index contributed by atoms with van der Waals surface area (Å²) in [4.78, 5) is 15.6. The quantitative estimate of drug-likeness (QED) is 0.631. The summed E-state index contributed by atoms with van der Waals surface area (Å²) < 4.78 is 5.24. The van der Waals surface area contributed by atoms with Crippen LogP contribution in [0.5, 0.6) is 5.75 Å². The zero-order valence-electron chi connectivity index (χ0n) is 14.2. The number of rotatable bonds is 4. The van der Waals surface area contributed by atoms with Crippen molar-refractivity contribution in [2.24, 2.45) is 5.41 Å². The number of hydrogen-bond acceptors (Lipinski definition) is 5. The average molecular weight is 319 g/mol. The van der Waals surface area contributed by atoms with Gasteiger partial charge in [0.1, 0.15) is 0 Å². The second-order valence-electron chi connectivity index (χ2n) is 6.92. The van der Waals surface area contributed by atoms with Crippen LogP contribution in [0.25, 0.3) is 0 Å². The first-order valence-electron chi connectivity index (χ1n) is 8.27. The molecule has 2 saturated heterocycles. The monoisotopic (exact) mass is 319 g/mol. The van der Waals surface area contributed by atoms with E-state index >= 15 is 0 Å². The van der Waals surface area contributed by atoms with Crippen LogP contribution in [0.3, 0.4) is 0 Å². The van der Waals surface area contributed by atoms with Gasteiger partial charge in [0.25, 0.3) is 0 Å². The highest BCUT2D eigenvalue weighted by Crippen LogP contribution is 2.45. The molecule has 6 heteroatoms. The van der Waals surface area contributed by atoms with Crippen molar-refractivity contribution in [3.05, 3.63) is 27.8 Å². The van der Waals surface area contributed by atoms with Crippen molar-refractivity contribution in [2.45, 2.75) is 26.2 Å². The Hall–Kier alpha value is -1.82. The number of nitro groups is 1. The number of nitro benzene ring substituents is 1. The predicted molar refractivity (Wildman–Crippen MR) is 90.4 cm³/mol. The lowest BCUT2D eigenvalue weighted by molar-refractivity contribution is -0.385. The Labute approximate surface area is 137 Å². The van der Waals surface area contributed by atoms with Gasteiger partial charge in [0.2, 0.25) is 0 Å². The van der Waals surface area contributed by atoms with Crippen molar-refractivity contribution in [1.82, 2.24) is 4.90 Å². The van der Waals surface area contributed by atoms with Gasteiger partial charge in [-0.05, 0) is 45.0 Å². The standard InChI is InChI=1S/C17H25N3O3/c1-4-13-9-15(20(21)22)16(23-3)10-14(13)19-11-17(12-19)5-7-18(2)8-6-17/h9-10H,4-8,11-12H2,1-3H3. The fourth-order valence-corrected chi connectivity index (χ4v) is 3.83. The first kappa shape index (κ1) is 16.1.